The average Bonchev–Trinajstić information content (AvgIpc) is 2.38. The van der Waals surface area contributed by atoms with Gasteiger partial charge in [0.2, 0.25) is 0 Å². The van der Waals surface area contributed by atoms with Crippen LogP contribution < -0.4 is 10.2 Å². The molecule has 1 aromatic heterocycles. The minimum atomic E-state index is -0.361. The first-order valence-corrected chi connectivity index (χ1v) is 5.99. The molecule has 2 rings (SSSR count). The van der Waals surface area contributed by atoms with E-state index in [9.17, 15) is 9.59 Å². The smallest absolute Gasteiger partial charge is 0.311 e. The maximum Gasteiger partial charge on any atom is 0.311 e. The Balaban J connectivity index is 2.41. The molecule has 0 atom stereocenters. The minimum absolute atomic E-state index is 0.0518. The van der Waals surface area contributed by atoms with Crippen molar-refractivity contribution in [3.8, 4) is 5.75 Å². The highest BCUT2D eigenvalue weighted by atomic mass is 16.5. The molecule has 1 aromatic carbocycles. The molecule has 0 saturated carbocycles. The van der Waals surface area contributed by atoms with Crippen LogP contribution in [0.25, 0.3) is 10.9 Å². The van der Waals surface area contributed by atoms with Crippen molar-refractivity contribution in [3.05, 3.63) is 40.2 Å². The Bertz CT molecular complexity index is 660. The average molecular weight is 261 g/mol. The number of nitrogens with one attached hydrogen (secondary N) is 1. The SMILES string of the molecule is CCOC(=O)Cc1cc(=O)c2ccc(OC)cc2[nH]1. The highest BCUT2D eigenvalue weighted by Crippen LogP contribution is 2.17. The van der Waals surface area contributed by atoms with Gasteiger partial charge >= 0.3 is 5.97 Å². The van der Waals surface area contributed by atoms with Gasteiger partial charge in [-0.2, -0.15) is 0 Å². The van der Waals surface area contributed by atoms with E-state index in [-0.39, 0.29) is 17.8 Å². The minimum Gasteiger partial charge on any atom is -0.497 e. The fourth-order valence-electron chi connectivity index (χ4n) is 1.88. The number of H-pyrrole nitrogens is 1. The first kappa shape index (κ1) is 13.1. The molecule has 5 heteroatoms. The molecule has 0 radical (unpaired) electrons. The third kappa shape index (κ3) is 2.93. The molecule has 2 aromatic rings. The largest absolute Gasteiger partial charge is 0.497 e. The number of fused-ring (bicyclic) bond motifs is 1. The fourth-order valence-corrected chi connectivity index (χ4v) is 1.88. The van der Waals surface area contributed by atoms with Crippen LogP contribution in [0.15, 0.2) is 29.1 Å². The van der Waals surface area contributed by atoms with Crippen molar-refractivity contribution in [2.24, 2.45) is 0 Å². The van der Waals surface area contributed by atoms with E-state index in [0.717, 1.165) is 0 Å². The number of aromatic amines is 1. The molecule has 0 unspecified atom stereocenters. The lowest BCUT2D eigenvalue weighted by atomic mass is 10.1. The summed E-state index contributed by atoms with van der Waals surface area (Å²) in [6.07, 6.45) is 0.0518. The van der Waals surface area contributed by atoms with E-state index in [0.29, 0.717) is 29.0 Å². The van der Waals surface area contributed by atoms with Gasteiger partial charge in [0.15, 0.2) is 5.43 Å². The monoisotopic (exact) mass is 261 g/mol. The number of carbonyl (C=O) groups is 1. The Labute approximate surface area is 110 Å². The van der Waals surface area contributed by atoms with Crippen molar-refractivity contribution in [1.82, 2.24) is 4.98 Å². The second-order valence-corrected chi connectivity index (χ2v) is 4.05. The Morgan fingerprint density at radius 1 is 1.32 bits per heavy atom. The molecule has 0 fully saturated rings. The van der Waals surface area contributed by atoms with Crippen molar-refractivity contribution in [2.75, 3.05) is 13.7 Å². The molecule has 0 saturated heterocycles. The zero-order chi connectivity index (χ0) is 13.8. The van der Waals surface area contributed by atoms with Crippen molar-refractivity contribution >= 4 is 16.9 Å². The summed E-state index contributed by atoms with van der Waals surface area (Å²) >= 11 is 0. The molecule has 0 bridgehead atoms. The van der Waals surface area contributed by atoms with Gasteiger partial charge in [-0.15, -0.1) is 0 Å². The number of hydrogen-bond donors (Lipinski definition) is 1. The molecule has 5 nitrogen and oxygen atoms in total. The van der Waals surface area contributed by atoms with Crippen LogP contribution >= 0.6 is 0 Å². The van der Waals surface area contributed by atoms with Crippen LogP contribution in [-0.4, -0.2) is 24.7 Å². The van der Waals surface area contributed by atoms with Gasteiger partial charge in [0.25, 0.3) is 0 Å². The van der Waals surface area contributed by atoms with Crippen LogP contribution in [0.4, 0.5) is 0 Å². The molecule has 0 aliphatic carbocycles. The number of benzene rings is 1. The van der Waals surface area contributed by atoms with Crippen molar-refractivity contribution in [1.29, 1.82) is 0 Å². The van der Waals surface area contributed by atoms with Crippen molar-refractivity contribution < 1.29 is 14.3 Å². The van der Waals surface area contributed by atoms with Crippen LogP contribution in [-0.2, 0) is 16.0 Å². The zero-order valence-electron chi connectivity index (χ0n) is 10.9. The quantitative estimate of drug-likeness (QED) is 0.849. The van der Waals surface area contributed by atoms with Crippen molar-refractivity contribution in [2.45, 2.75) is 13.3 Å². The number of aromatic nitrogens is 1. The summed E-state index contributed by atoms with van der Waals surface area (Å²) in [5.41, 5.74) is 1.05. The number of esters is 1. The second-order valence-electron chi connectivity index (χ2n) is 4.05. The summed E-state index contributed by atoms with van der Waals surface area (Å²) in [6, 6.07) is 6.57. The number of hydrogen-bond acceptors (Lipinski definition) is 4. The molecule has 0 aliphatic rings. The summed E-state index contributed by atoms with van der Waals surface area (Å²) in [7, 11) is 1.56. The lowest BCUT2D eigenvalue weighted by Crippen LogP contribution is -2.12. The van der Waals surface area contributed by atoms with Gasteiger partial charge in [0.1, 0.15) is 5.75 Å². The van der Waals surface area contributed by atoms with E-state index in [1.54, 1.807) is 32.2 Å². The first-order chi connectivity index (χ1) is 9.13. The Hall–Kier alpha value is -2.30. The number of methoxy groups -OCH3 is 1. The Kier molecular flexibility index (Phi) is 3.85. The van der Waals surface area contributed by atoms with Gasteiger partial charge in [-0.3, -0.25) is 9.59 Å². The fraction of sp³-hybridized carbons (Fsp3) is 0.286. The Morgan fingerprint density at radius 2 is 2.11 bits per heavy atom. The molecule has 0 spiro atoms. The maximum absolute atomic E-state index is 11.9. The summed E-state index contributed by atoms with van der Waals surface area (Å²) in [5, 5.41) is 0.563. The van der Waals surface area contributed by atoms with Gasteiger partial charge in [-0.25, -0.2) is 0 Å². The van der Waals surface area contributed by atoms with Gasteiger partial charge in [-0.1, -0.05) is 0 Å². The summed E-state index contributed by atoms with van der Waals surface area (Å²) in [6.45, 7) is 2.07. The van der Waals surface area contributed by atoms with Gasteiger partial charge in [-0.05, 0) is 19.1 Å². The molecular formula is C14H15NO4. The van der Waals surface area contributed by atoms with Crippen molar-refractivity contribution in [3.63, 3.8) is 0 Å². The topological polar surface area (TPSA) is 68.4 Å². The predicted octanol–water partition coefficient (Wildman–Crippen LogP) is 1.64. The molecule has 100 valence electrons. The van der Waals surface area contributed by atoms with E-state index in [4.69, 9.17) is 9.47 Å². The standard InChI is InChI=1S/C14H15NO4/c1-3-19-14(17)7-9-6-13(16)11-5-4-10(18-2)8-12(11)15-9/h4-6,8H,3,7H2,1-2H3,(H,15,16). The van der Waals surface area contributed by atoms with E-state index in [1.807, 2.05) is 0 Å². The number of pyridine rings is 1. The number of ether oxygens (including phenoxy) is 2. The first-order valence-electron chi connectivity index (χ1n) is 5.99. The third-order valence-corrected chi connectivity index (χ3v) is 2.73. The van der Waals surface area contributed by atoms with E-state index in [2.05, 4.69) is 4.98 Å². The van der Waals surface area contributed by atoms with Crippen LogP contribution in [0.1, 0.15) is 12.6 Å². The molecule has 0 aliphatic heterocycles. The molecule has 19 heavy (non-hydrogen) atoms. The van der Waals surface area contributed by atoms with Crippen LogP contribution in [0.3, 0.4) is 0 Å². The lowest BCUT2D eigenvalue weighted by Gasteiger charge is -2.06. The third-order valence-electron chi connectivity index (χ3n) is 2.73. The summed E-state index contributed by atoms with van der Waals surface area (Å²) in [4.78, 5) is 26.4. The van der Waals surface area contributed by atoms with Gasteiger partial charge < -0.3 is 14.5 Å². The Morgan fingerprint density at radius 3 is 2.79 bits per heavy atom. The molecule has 0 amide bonds. The second kappa shape index (κ2) is 5.56. The van der Waals surface area contributed by atoms with Gasteiger partial charge in [0, 0.05) is 23.2 Å². The lowest BCUT2D eigenvalue weighted by molar-refractivity contribution is -0.142. The molecular weight excluding hydrogens is 246 g/mol. The normalized spacial score (nSPS) is 10.4. The number of carbonyl (C=O) groups excluding carboxylic acids is 1. The van der Waals surface area contributed by atoms with E-state index < -0.39 is 0 Å². The molecule has 1 heterocycles. The predicted molar refractivity (Wildman–Crippen MR) is 71.5 cm³/mol. The molecule has 1 N–H and O–H groups in total. The maximum atomic E-state index is 11.9. The zero-order valence-corrected chi connectivity index (χ0v) is 10.9. The highest BCUT2D eigenvalue weighted by molar-refractivity contribution is 5.81. The van der Waals surface area contributed by atoms with E-state index >= 15 is 0 Å². The number of rotatable bonds is 4. The summed E-state index contributed by atoms with van der Waals surface area (Å²) < 4.78 is 9.96. The summed E-state index contributed by atoms with van der Waals surface area (Å²) in [5.74, 6) is 0.289. The van der Waals surface area contributed by atoms with E-state index in [1.165, 1.54) is 6.07 Å². The van der Waals surface area contributed by atoms with Crippen LogP contribution in [0, 0.1) is 0 Å². The van der Waals surface area contributed by atoms with Crippen LogP contribution in [0.2, 0.25) is 0 Å². The van der Waals surface area contributed by atoms with Crippen LogP contribution in [0.5, 0.6) is 5.75 Å². The van der Waals surface area contributed by atoms with Gasteiger partial charge in [0.05, 0.1) is 25.7 Å². The highest BCUT2D eigenvalue weighted by Gasteiger charge is 2.08.